The summed E-state index contributed by atoms with van der Waals surface area (Å²) in [5.74, 6) is 0.532. The molecule has 0 atom stereocenters. The van der Waals surface area contributed by atoms with Crippen molar-refractivity contribution in [2.24, 2.45) is 0 Å². The molecule has 0 unspecified atom stereocenters. The van der Waals surface area contributed by atoms with Gasteiger partial charge in [-0.2, -0.15) is 0 Å². The maximum Gasteiger partial charge on any atom is 0.0944 e. The fourth-order valence-corrected chi connectivity index (χ4v) is 4.04. The molecular weight excluding hydrogens is 278 g/mol. The minimum Gasteiger partial charge on any atom is -0.312 e. The minimum atomic E-state index is 0.532. The lowest BCUT2D eigenvalue weighted by Gasteiger charge is -2.12. The summed E-state index contributed by atoms with van der Waals surface area (Å²) in [5, 5.41) is 4.90. The Balaban J connectivity index is 1.88. The monoisotopic (exact) mass is 309 g/mol. The van der Waals surface area contributed by atoms with Crippen molar-refractivity contribution in [1.29, 1.82) is 0 Å². The van der Waals surface area contributed by atoms with Crippen molar-refractivity contribution >= 4 is 11.3 Å². The summed E-state index contributed by atoms with van der Waals surface area (Å²) < 4.78 is 0. The van der Waals surface area contributed by atoms with E-state index in [2.05, 4.69) is 31.0 Å². The van der Waals surface area contributed by atoms with E-state index in [1.54, 1.807) is 0 Å². The molecule has 0 amide bonds. The number of thiazole rings is 1. The molecule has 1 aromatic rings. The quantitative estimate of drug-likeness (QED) is 0.703. The van der Waals surface area contributed by atoms with E-state index in [-0.39, 0.29) is 0 Å². The molecule has 1 fully saturated rings. The molecule has 0 spiro atoms. The molecule has 1 N–H and O–H groups in total. The van der Waals surface area contributed by atoms with Gasteiger partial charge in [0.1, 0.15) is 0 Å². The van der Waals surface area contributed by atoms with Gasteiger partial charge in [0.15, 0.2) is 0 Å². The number of aromatic nitrogens is 1. The largest absolute Gasteiger partial charge is 0.312 e. The van der Waals surface area contributed by atoms with Gasteiger partial charge in [-0.3, -0.25) is 0 Å². The van der Waals surface area contributed by atoms with Gasteiger partial charge in [-0.15, -0.1) is 11.3 Å². The first-order chi connectivity index (χ1) is 10.2. The van der Waals surface area contributed by atoms with Crippen LogP contribution >= 0.6 is 11.3 Å². The van der Waals surface area contributed by atoms with E-state index in [1.165, 1.54) is 60.9 Å². The van der Waals surface area contributed by atoms with Gasteiger partial charge in [0, 0.05) is 24.4 Å². The first-order valence-corrected chi connectivity index (χ1v) is 9.44. The van der Waals surface area contributed by atoms with Gasteiger partial charge in [-0.25, -0.2) is 4.98 Å². The highest BCUT2D eigenvalue weighted by Gasteiger charge is 2.16. The SMILES string of the molecule is CCCCNCc1sc(CCN2CCCC2)nc1C(C)C. The van der Waals surface area contributed by atoms with Gasteiger partial charge in [0.2, 0.25) is 0 Å². The van der Waals surface area contributed by atoms with E-state index >= 15 is 0 Å². The number of hydrogen-bond donors (Lipinski definition) is 1. The van der Waals surface area contributed by atoms with E-state index in [9.17, 15) is 0 Å². The lowest BCUT2D eigenvalue weighted by molar-refractivity contribution is 0.343. The van der Waals surface area contributed by atoms with Crippen molar-refractivity contribution < 1.29 is 0 Å². The van der Waals surface area contributed by atoms with Gasteiger partial charge < -0.3 is 10.2 Å². The molecule has 0 bridgehead atoms. The third-order valence-corrected chi connectivity index (χ3v) is 5.28. The Morgan fingerprint density at radius 1 is 1.29 bits per heavy atom. The van der Waals surface area contributed by atoms with Crippen molar-refractivity contribution in [1.82, 2.24) is 15.2 Å². The number of nitrogens with zero attached hydrogens (tertiary/aromatic N) is 2. The Labute approximate surface area is 134 Å². The number of likely N-dealkylation sites (tertiary alicyclic amines) is 1. The molecule has 0 radical (unpaired) electrons. The molecule has 1 saturated heterocycles. The molecule has 2 rings (SSSR count). The zero-order chi connectivity index (χ0) is 15.1. The Hall–Kier alpha value is -0.450. The van der Waals surface area contributed by atoms with Gasteiger partial charge in [-0.1, -0.05) is 27.2 Å². The van der Waals surface area contributed by atoms with Crippen LogP contribution in [-0.4, -0.2) is 36.1 Å². The predicted molar refractivity (Wildman–Crippen MR) is 92.2 cm³/mol. The average molecular weight is 310 g/mol. The van der Waals surface area contributed by atoms with E-state index in [0.717, 1.165) is 19.5 Å². The van der Waals surface area contributed by atoms with Crippen LogP contribution in [0.25, 0.3) is 0 Å². The van der Waals surface area contributed by atoms with Crippen LogP contribution in [0.2, 0.25) is 0 Å². The number of hydrogen-bond acceptors (Lipinski definition) is 4. The summed E-state index contributed by atoms with van der Waals surface area (Å²) in [7, 11) is 0. The van der Waals surface area contributed by atoms with Crippen molar-refractivity contribution in [3.05, 3.63) is 15.6 Å². The Kier molecular flexibility index (Phi) is 7.14. The van der Waals surface area contributed by atoms with E-state index in [0.29, 0.717) is 5.92 Å². The van der Waals surface area contributed by atoms with Gasteiger partial charge in [-0.05, 0) is 44.8 Å². The highest BCUT2D eigenvalue weighted by molar-refractivity contribution is 7.11. The predicted octanol–water partition coefficient (Wildman–Crippen LogP) is 3.79. The molecule has 2 heterocycles. The molecule has 0 saturated carbocycles. The Morgan fingerprint density at radius 3 is 2.71 bits per heavy atom. The molecule has 3 nitrogen and oxygen atoms in total. The van der Waals surface area contributed by atoms with Crippen LogP contribution in [0.15, 0.2) is 0 Å². The number of nitrogens with one attached hydrogen (secondary N) is 1. The molecule has 0 aromatic carbocycles. The van der Waals surface area contributed by atoms with Crippen LogP contribution in [0, 0.1) is 0 Å². The second-order valence-electron chi connectivity index (χ2n) is 6.40. The highest BCUT2D eigenvalue weighted by atomic mass is 32.1. The summed E-state index contributed by atoms with van der Waals surface area (Å²) in [4.78, 5) is 8.96. The molecule has 21 heavy (non-hydrogen) atoms. The summed E-state index contributed by atoms with van der Waals surface area (Å²) in [6.45, 7) is 12.6. The van der Waals surface area contributed by atoms with E-state index in [4.69, 9.17) is 4.98 Å². The topological polar surface area (TPSA) is 28.2 Å². The third-order valence-electron chi connectivity index (χ3n) is 4.15. The van der Waals surface area contributed by atoms with Gasteiger partial charge in [0.05, 0.1) is 10.7 Å². The lowest BCUT2D eigenvalue weighted by atomic mass is 10.1. The van der Waals surface area contributed by atoms with Crippen LogP contribution in [-0.2, 0) is 13.0 Å². The summed E-state index contributed by atoms with van der Waals surface area (Å²) >= 11 is 1.93. The summed E-state index contributed by atoms with van der Waals surface area (Å²) in [6, 6.07) is 0. The molecule has 4 heteroatoms. The average Bonchev–Trinajstić information content (AvgIpc) is 3.10. The number of rotatable bonds is 9. The van der Waals surface area contributed by atoms with Crippen molar-refractivity contribution in [3.8, 4) is 0 Å². The molecule has 1 aliphatic heterocycles. The second kappa shape index (κ2) is 8.86. The fraction of sp³-hybridized carbons (Fsp3) is 0.824. The number of unbranched alkanes of at least 4 members (excludes halogenated alkanes) is 1. The third kappa shape index (κ3) is 5.35. The Bertz CT molecular complexity index is 408. The van der Waals surface area contributed by atoms with Crippen LogP contribution < -0.4 is 5.32 Å². The van der Waals surface area contributed by atoms with Gasteiger partial charge in [0.25, 0.3) is 0 Å². The molecule has 120 valence electrons. The fourth-order valence-electron chi connectivity index (χ4n) is 2.86. The maximum atomic E-state index is 4.92. The Morgan fingerprint density at radius 2 is 2.05 bits per heavy atom. The van der Waals surface area contributed by atoms with Crippen LogP contribution in [0.4, 0.5) is 0 Å². The lowest BCUT2D eigenvalue weighted by Crippen LogP contribution is -2.21. The first-order valence-electron chi connectivity index (χ1n) is 8.62. The molecule has 1 aliphatic rings. The zero-order valence-electron chi connectivity index (χ0n) is 14.0. The maximum absolute atomic E-state index is 4.92. The standard InChI is InChI=1S/C17H31N3S/c1-4-5-9-18-13-15-17(14(2)3)19-16(21-15)8-12-20-10-6-7-11-20/h14,18H,4-13H2,1-3H3. The molecule has 0 aliphatic carbocycles. The van der Waals surface area contributed by atoms with Crippen LogP contribution in [0.5, 0.6) is 0 Å². The summed E-state index contributed by atoms with van der Waals surface area (Å²) in [5.41, 5.74) is 1.32. The van der Waals surface area contributed by atoms with E-state index in [1.807, 2.05) is 11.3 Å². The van der Waals surface area contributed by atoms with Crippen molar-refractivity contribution in [2.45, 2.75) is 65.3 Å². The second-order valence-corrected chi connectivity index (χ2v) is 7.57. The minimum absolute atomic E-state index is 0.532. The first kappa shape index (κ1) is 16.9. The van der Waals surface area contributed by atoms with Crippen LogP contribution in [0.3, 0.4) is 0 Å². The highest BCUT2D eigenvalue weighted by Crippen LogP contribution is 2.26. The normalized spacial score (nSPS) is 16.2. The van der Waals surface area contributed by atoms with Gasteiger partial charge >= 0.3 is 0 Å². The molecular formula is C17H31N3S. The summed E-state index contributed by atoms with van der Waals surface area (Å²) in [6.07, 6.45) is 6.40. The van der Waals surface area contributed by atoms with Crippen molar-refractivity contribution in [3.63, 3.8) is 0 Å². The van der Waals surface area contributed by atoms with Crippen molar-refractivity contribution in [2.75, 3.05) is 26.2 Å². The smallest absolute Gasteiger partial charge is 0.0944 e. The van der Waals surface area contributed by atoms with E-state index < -0.39 is 0 Å². The zero-order valence-corrected chi connectivity index (χ0v) is 14.8. The molecule has 1 aromatic heterocycles. The van der Waals surface area contributed by atoms with Crippen LogP contribution in [0.1, 0.15) is 68.0 Å².